The molecule has 1 heterocycles. The van der Waals surface area contributed by atoms with Gasteiger partial charge in [0.25, 0.3) is 0 Å². The number of carbonyl (C=O) groups is 3. The number of carbonyl (C=O) groups excluding carboxylic acids is 2. The molecule has 29 heavy (non-hydrogen) atoms. The molecule has 4 rings (SSSR count). The van der Waals surface area contributed by atoms with Crippen LogP contribution in [0.25, 0.3) is 0 Å². The minimum absolute atomic E-state index is 0.0440. The standard InChI is InChI=1S/C23H20ClNO4/c1-13-5-2-3-6-15(13)16-12-21(27)25(18-7-4-8-20(26)22(16)18)19-11-14(23(28)29)9-10-17(19)24/h2-3,5-6,9-11,16H,4,7-8,12H2,1H3,(H,28,29). The lowest BCUT2D eigenvalue weighted by molar-refractivity contribution is -0.119. The van der Waals surface area contributed by atoms with E-state index in [2.05, 4.69) is 0 Å². The molecule has 2 aromatic carbocycles. The maximum absolute atomic E-state index is 13.3. The number of aryl methyl sites for hydroxylation is 1. The monoisotopic (exact) mass is 409 g/mol. The lowest BCUT2D eigenvalue weighted by atomic mass is 9.76. The maximum atomic E-state index is 13.3. The Balaban J connectivity index is 1.91. The van der Waals surface area contributed by atoms with Gasteiger partial charge in [0.1, 0.15) is 0 Å². The van der Waals surface area contributed by atoms with Gasteiger partial charge in [0.2, 0.25) is 5.91 Å². The number of allylic oxidation sites excluding steroid dienone is 2. The molecule has 6 heteroatoms. The van der Waals surface area contributed by atoms with Gasteiger partial charge in [-0.3, -0.25) is 14.5 Å². The van der Waals surface area contributed by atoms with Crippen LogP contribution in [0.1, 0.15) is 53.1 Å². The van der Waals surface area contributed by atoms with E-state index in [0.717, 1.165) is 11.1 Å². The molecule has 1 aliphatic heterocycles. The first kappa shape index (κ1) is 19.4. The zero-order chi connectivity index (χ0) is 20.7. The van der Waals surface area contributed by atoms with E-state index >= 15 is 0 Å². The van der Waals surface area contributed by atoms with Crippen LogP contribution in [-0.4, -0.2) is 22.8 Å². The van der Waals surface area contributed by atoms with E-state index in [1.54, 1.807) is 0 Å². The van der Waals surface area contributed by atoms with Crippen molar-refractivity contribution >= 4 is 34.9 Å². The molecule has 0 saturated heterocycles. The number of rotatable bonds is 3. The van der Waals surface area contributed by atoms with Crippen LogP contribution in [0.2, 0.25) is 5.02 Å². The van der Waals surface area contributed by atoms with Crippen molar-refractivity contribution in [3.63, 3.8) is 0 Å². The molecule has 0 fully saturated rings. The van der Waals surface area contributed by atoms with Gasteiger partial charge in [-0.1, -0.05) is 35.9 Å². The molecular formula is C23H20ClNO4. The van der Waals surface area contributed by atoms with Crippen molar-refractivity contribution in [2.75, 3.05) is 4.90 Å². The Hall–Kier alpha value is -2.92. The molecule has 1 N–H and O–H groups in total. The SMILES string of the molecule is Cc1ccccc1C1CC(=O)N(c2cc(C(=O)O)ccc2Cl)C2=C1C(=O)CCC2. The molecule has 1 atom stereocenters. The first-order chi connectivity index (χ1) is 13.9. The number of carboxylic acids is 1. The molecule has 1 amide bonds. The van der Waals surface area contributed by atoms with Gasteiger partial charge in [-0.2, -0.15) is 0 Å². The molecule has 0 radical (unpaired) electrons. The summed E-state index contributed by atoms with van der Waals surface area (Å²) in [4.78, 5) is 39.1. The van der Waals surface area contributed by atoms with Crippen LogP contribution in [0.5, 0.6) is 0 Å². The minimum atomic E-state index is -1.10. The highest BCUT2D eigenvalue weighted by molar-refractivity contribution is 6.34. The molecule has 0 aromatic heterocycles. The lowest BCUT2D eigenvalue weighted by Crippen LogP contribution is -2.41. The topological polar surface area (TPSA) is 74.7 Å². The Morgan fingerprint density at radius 2 is 1.90 bits per heavy atom. The lowest BCUT2D eigenvalue weighted by Gasteiger charge is -2.39. The molecule has 1 aliphatic carbocycles. The summed E-state index contributed by atoms with van der Waals surface area (Å²) in [5, 5.41) is 9.63. The predicted molar refractivity (Wildman–Crippen MR) is 110 cm³/mol. The van der Waals surface area contributed by atoms with Crippen molar-refractivity contribution in [1.29, 1.82) is 0 Å². The van der Waals surface area contributed by atoms with Crippen LogP contribution in [0.3, 0.4) is 0 Å². The normalized spacial score (nSPS) is 19.4. The molecule has 2 aromatic rings. The fraction of sp³-hybridized carbons (Fsp3) is 0.261. The highest BCUT2D eigenvalue weighted by atomic mass is 35.5. The number of hydrogen-bond acceptors (Lipinski definition) is 3. The third-order valence-electron chi connectivity index (χ3n) is 5.67. The van der Waals surface area contributed by atoms with Crippen LogP contribution in [0, 0.1) is 6.92 Å². The number of aromatic carboxylic acids is 1. The summed E-state index contributed by atoms with van der Waals surface area (Å²) in [6, 6.07) is 12.1. The van der Waals surface area contributed by atoms with Crippen LogP contribution in [-0.2, 0) is 9.59 Å². The van der Waals surface area contributed by atoms with E-state index in [0.29, 0.717) is 36.2 Å². The number of amides is 1. The third-order valence-corrected chi connectivity index (χ3v) is 5.99. The van der Waals surface area contributed by atoms with Gasteiger partial charge in [0.15, 0.2) is 5.78 Å². The van der Waals surface area contributed by atoms with E-state index in [4.69, 9.17) is 11.6 Å². The zero-order valence-corrected chi connectivity index (χ0v) is 16.7. The summed E-state index contributed by atoms with van der Waals surface area (Å²) in [6.07, 6.45) is 1.82. The van der Waals surface area contributed by atoms with Crippen molar-refractivity contribution in [1.82, 2.24) is 0 Å². The van der Waals surface area contributed by atoms with Gasteiger partial charge >= 0.3 is 5.97 Å². The summed E-state index contributed by atoms with van der Waals surface area (Å²) in [7, 11) is 0. The smallest absolute Gasteiger partial charge is 0.335 e. The third kappa shape index (κ3) is 3.36. The van der Waals surface area contributed by atoms with Crippen LogP contribution >= 0.6 is 11.6 Å². The average molecular weight is 410 g/mol. The number of nitrogens with zero attached hydrogens (tertiary/aromatic N) is 1. The van der Waals surface area contributed by atoms with E-state index in [1.165, 1.54) is 23.1 Å². The van der Waals surface area contributed by atoms with Crippen LogP contribution in [0.15, 0.2) is 53.7 Å². The van der Waals surface area contributed by atoms with E-state index in [9.17, 15) is 19.5 Å². The first-order valence-corrected chi connectivity index (χ1v) is 9.94. The first-order valence-electron chi connectivity index (χ1n) is 9.56. The average Bonchev–Trinajstić information content (AvgIpc) is 2.68. The number of hydrogen-bond donors (Lipinski definition) is 1. The highest BCUT2D eigenvalue weighted by Gasteiger charge is 2.40. The number of carboxylic acid groups (broad SMARTS) is 1. The molecule has 148 valence electrons. The Morgan fingerprint density at radius 1 is 1.14 bits per heavy atom. The van der Waals surface area contributed by atoms with Crippen LogP contribution in [0.4, 0.5) is 5.69 Å². The number of Topliss-reactive ketones (excluding diaryl/α,β-unsaturated/α-hetero) is 1. The molecule has 1 unspecified atom stereocenters. The van der Waals surface area contributed by atoms with Gasteiger partial charge in [0, 0.05) is 30.0 Å². The number of benzene rings is 2. The van der Waals surface area contributed by atoms with Crippen molar-refractivity contribution in [2.45, 2.75) is 38.5 Å². The fourth-order valence-corrected chi connectivity index (χ4v) is 4.53. The summed E-state index contributed by atoms with van der Waals surface area (Å²) >= 11 is 6.35. The summed E-state index contributed by atoms with van der Waals surface area (Å²) in [5.74, 6) is -1.53. The van der Waals surface area contributed by atoms with Gasteiger partial charge in [-0.25, -0.2) is 4.79 Å². The minimum Gasteiger partial charge on any atom is -0.478 e. The predicted octanol–water partition coefficient (Wildman–Crippen LogP) is 4.87. The van der Waals surface area contributed by atoms with Gasteiger partial charge in [0.05, 0.1) is 16.3 Å². The fourth-order valence-electron chi connectivity index (χ4n) is 4.33. The highest BCUT2D eigenvalue weighted by Crippen LogP contribution is 2.45. The van der Waals surface area contributed by atoms with Crippen molar-refractivity contribution in [2.24, 2.45) is 0 Å². The number of halogens is 1. The van der Waals surface area contributed by atoms with E-state index < -0.39 is 5.97 Å². The molecular weight excluding hydrogens is 390 g/mol. The molecule has 2 aliphatic rings. The van der Waals surface area contributed by atoms with Gasteiger partial charge in [-0.15, -0.1) is 0 Å². The van der Waals surface area contributed by atoms with Crippen molar-refractivity contribution < 1.29 is 19.5 Å². The Bertz CT molecular complexity index is 1070. The van der Waals surface area contributed by atoms with Gasteiger partial charge < -0.3 is 5.11 Å². The Morgan fingerprint density at radius 3 is 2.62 bits per heavy atom. The largest absolute Gasteiger partial charge is 0.478 e. The molecule has 5 nitrogen and oxygen atoms in total. The molecule has 0 saturated carbocycles. The zero-order valence-electron chi connectivity index (χ0n) is 15.9. The van der Waals surface area contributed by atoms with Crippen molar-refractivity contribution in [3.05, 3.63) is 75.4 Å². The Labute approximate surface area is 173 Å². The molecule has 0 bridgehead atoms. The Kier molecular flexibility index (Phi) is 5.01. The summed E-state index contributed by atoms with van der Waals surface area (Å²) < 4.78 is 0. The van der Waals surface area contributed by atoms with Crippen LogP contribution < -0.4 is 4.90 Å². The second kappa shape index (κ2) is 7.48. The number of anilines is 1. The second-order valence-corrected chi connectivity index (χ2v) is 7.86. The molecule has 0 spiro atoms. The maximum Gasteiger partial charge on any atom is 0.335 e. The summed E-state index contributed by atoms with van der Waals surface area (Å²) in [5.41, 5.74) is 3.69. The van der Waals surface area contributed by atoms with E-state index in [1.807, 2.05) is 31.2 Å². The number of ketones is 1. The summed E-state index contributed by atoms with van der Waals surface area (Å²) in [6.45, 7) is 1.98. The second-order valence-electron chi connectivity index (χ2n) is 7.45. The van der Waals surface area contributed by atoms with Crippen molar-refractivity contribution in [3.8, 4) is 0 Å². The van der Waals surface area contributed by atoms with Gasteiger partial charge in [-0.05, 0) is 49.1 Å². The quantitative estimate of drug-likeness (QED) is 0.784. The van der Waals surface area contributed by atoms with E-state index in [-0.39, 0.29) is 34.6 Å².